The summed E-state index contributed by atoms with van der Waals surface area (Å²) in [5.74, 6) is -0.939. The number of rotatable bonds is 2. The summed E-state index contributed by atoms with van der Waals surface area (Å²) in [5, 5.41) is 3.28. The summed E-state index contributed by atoms with van der Waals surface area (Å²) in [6, 6.07) is 5.94. The lowest BCUT2D eigenvalue weighted by atomic mass is 10.2. The van der Waals surface area contributed by atoms with E-state index in [2.05, 4.69) is 15.3 Å². The molecular formula is C13H10F2N4. The molecule has 0 aliphatic rings. The molecule has 0 aliphatic heterocycles. The number of benzene rings is 1. The van der Waals surface area contributed by atoms with Crippen LogP contribution in [0.2, 0.25) is 0 Å². The number of nitrogen functional groups attached to an aromatic ring is 1. The molecule has 3 aromatic rings. The second-order valence-electron chi connectivity index (χ2n) is 4.08. The van der Waals surface area contributed by atoms with Gasteiger partial charge in [-0.3, -0.25) is 0 Å². The van der Waals surface area contributed by atoms with E-state index in [4.69, 9.17) is 5.73 Å². The lowest BCUT2D eigenvalue weighted by Gasteiger charge is -2.08. The van der Waals surface area contributed by atoms with Crippen LogP contribution >= 0.6 is 0 Å². The van der Waals surface area contributed by atoms with E-state index >= 15 is 0 Å². The molecule has 2 heterocycles. The summed E-state index contributed by atoms with van der Waals surface area (Å²) in [6.07, 6.45) is 2.76. The van der Waals surface area contributed by atoms with Gasteiger partial charge < -0.3 is 16.0 Å². The number of hydrogen-bond donors (Lipinski definition) is 3. The summed E-state index contributed by atoms with van der Waals surface area (Å²) < 4.78 is 27.0. The normalized spacial score (nSPS) is 10.8. The quantitative estimate of drug-likeness (QED) is 0.620. The minimum absolute atomic E-state index is 0.0678. The van der Waals surface area contributed by atoms with Gasteiger partial charge in [-0.15, -0.1) is 0 Å². The van der Waals surface area contributed by atoms with Gasteiger partial charge in [0.05, 0.1) is 16.8 Å². The van der Waals surface area contributed by atoms with Gasteiger partial charge in [-0.2, -0.15) is 0 Å². The highest BCUT2D eigenvalue weighted by atomic mass is 19.1. The molecule has 0 amide bonds. The average Bonchev–Trinajstić information content (AvgIpc) is 2.77. The van der Waals surface area contributed by atoms with Gasteiger partial charge in [0.15, 0.2) is 5.82 Å². The Bertz CT molecular complexity index is 751. The molecule has 1 aromatic carbocycles. The zero-order valence-electron chi connectivity index (χ0n) is 9.74. The standard InChI is InChI=1S/C13H10F2N4/c14-8-5-7(1-2-10(8)16)19-11-3-4-17-13-12(11)9(15)6-18-13/h1-6H,16H2,(H2,17,18,19). The van der Waals surface area contributed by atoms with E-state index in [0.29, 0.717) is 22.4 Å². The molecule has 4 nitrogen and oxygen atoms in total. The molecule has 0 saturated heterocycles. The molecule has 0 radical (unpaired) electrons. The van der Waals surface area contributed by atoms with Crippen LogP contribution in [0.15, 0.2) is 36.7 Å². The maximum absolute atomic E-state index is 13.6. The smallest absolute Gasteiger partial charge is 0.152 e. The van der Waals surface area contributed by atoms with E-state index in [-0.39, 0.29) is 5.69 Å². The van der Waals surface area contributed by atoms with E-state index in [9.17, 15) is 8.78 Å². The molecule has 6 heteroatoms. The second kappa shape index (κ2) is 4.24. The van der Waals surface area contributed by atoms with E-state index in [0.717, 1.165) is 0 Å². The number of anilines is 3. The number of fused-ring (bicyclic) bond motifs is 1. The van der Waals surface area contributed by atoms with Crippen LogP contribution in [0.4, 0.5) is 25.8 Å². The summed E-state index contributed by atoms with van der Waals surface area (Å²) in [5.41, 5.74) is 6.89. The highest BCUT2D eigenvalue weighted by Crippen LogP contribution is 2.27. The van der Waals surface area contributed by atoms with Gasteiger partial charge in [0.1, 0.15) is 11.5 Å². The van der Waals surface area contributed by atoms with E-state index in [1.54, 1.807) is 12.1 Å². The predicted octanol–water partition coefficient (Wildman–Crippen LogP) is 3.17. The van der Waals surface area contributed by atoms with Crippen LogP contribution in [0.5, 0.6) is 0 Å². The molecule has 96 valence electrons. The molecule has 4 N–H and O–H groups in total. The Hall–Kier alpha value is -2.63. The van der Waals surface area contributed by atoms with Gasteiger partial charge in [0, 0.05) is 18.1 Å². The van der Waals surface area contributed by atoms with E-state index in [1.807, 2.05) is 0 Å². The third-order valence-electron chi connectivity index (χ3n) is 2.80. The van der Waals surface area contributed by atoms with Crippen molar-refractivity contribution in [1.82, 2.24) is 9.97 Å². The summed E-state index contributed by atoms with van der Waals surface area (Å²) in [4.78, 5) is 6.72. The first-order valence-electron chi connectivity index (χ1n) is 5.59. The molecule has 19 heavy (non-hydrogen) atoms. The molecule has 3 rings (SSSR count). The van der Waals surface area contributed by atoms with Gasteiger partial charge in [-0.1, -0.05) is 0 Å². The number of pyridine rings is 1. The second-order valence-corrected chi connectivity index (χ2v) is 4.08. The highest BCUT2D eigenvalue weighted by molar-refractivity contribution is 5.91. The third kappa shape index (κ3) is 1.97. The van der Waals surface area contributed by atoms with Gasteiger partial charge in [0.2, 0.25) is 0 Å². The largest absolute Gasteiger partial charge is 0.396 e. The number of nitrogens with zero attached hydrogens (tertiary/aromatic N) is 1. The van der Waals surface area contributed by atoms with Crippen LogP contribution in [-0.4, -0.2) is 9.97 Å². The first-order valence-corrected chi connectivity index (χ1v) is 5.59. The number of halogens is 2. The topological polar surface area (TPSA) is 66.7 Å². The molecular weight excluding hydrogens is 250 g/mol. The number of aromatic nitrogens is 2. The maximum atomic E-state index is 13.6. The van der Waals surface area contributed by atoms with Crippen LogP contribution in [0, 0.1) is 11.6 Å². The summed E-state index contributed by atoms with van der Waals surface area (Å²) in [7, 11) is 0. The first kappa shape index (κ1) is 11.5. The Morgan fingerprint density at radius 1 is 1.16 bits per heavy atom. The number of aromatic amines is 1. The number of nitrogens with two attached hydrogens (primary N) is 1. The van der Waals surface area contributed by atoms with Gasteiger partial charge in [-0.25, -0.2) is 13.8 Å². The van der Waals surface area contributed by atoms with Crippen LogP contribution in [-0.2, 0) is 0 Å². The molecule has 0 saturated carbocycles. The molecule has 0 unspecified atom stereocenters. The number of nitrogens with one attached hydrogen (secondary N) is 2. The zero-order chi connectivity index (χ0) is 13.4. The SMILES string of the molecule is Nc1ccc(Nc2ccnc3[nH]cc(F)c23)cc1F. The lowest BCUT2D eigenvalue weighted by Crippen LogP contribution is -1.95. The minimum Gasteiger partial charge on any atom is -0.396 e. The number of hydrogen-bond acceptors (Lipinski definition) is 3. The Morgan fingerprint density at radius 3 is 2.79 bits per heavy atom. The van der Waals surface area contributed by atoms with Gasteiger partial charge >= 0.3 is 0 Å². The Labute approximate surface area is 107 Å². The Kier molecular flexibility index (Phi) is 2.56. The van der Waals surface area contributed by atoms with Crippen molar-refractivity contribution in [2.45, 2.75) is 0 Å². The van der Waals surface area contributed by atoms with Crippen molar-refractivity contribution in [3.8, 4) is 0 Å². The van der Waals surface area contributed by atoms with Gasteiger partial charge in [0.25, 0.3) is 0 Å². The number of H-pyrrole nitrogens is 1. The minimum atomic E-state index is -0.523. The molecule has 0 spiro atoms. The average molecular weight is 260 g/mol. The molecule has 0 bridgehead atoms. The van der Waals surface area contributed by atoms with Crippen molar-refractivity contribution in [2.24, 2.45) is 0 Å². The maximum Gasteiger partial charge on any atom is 0.152 e. The van der Waals surface area contributed by atoms with E-state index in [1.165, 1.54) is 24.5 Å². The zero-order valence-corrected chi connectivity index (χ0v) is 9.74. The van der Waals surface area contributed by atoms with Crippen LogP contribution in [0.25, 0.3) is 11.0 Å². The Morgan fingerprint density at radius 2 is 2.00 bits per heavy atom. The summed E-state index contributed by atoms with van der Waals surface area (Å²) >= 11 is 0. The van der Waals surface area contributed by atoms with Crippen molar-refractivity contribution in [2.75, 3.05) is 11.1 Å². The fourth-order valence-electron chi connectivity index (χ4n) is 1.88. The fourth-order valence-corrected chi connectivity index (χ4v) is 1.88. The first-order chi connectivity index (χ1) is 9.15. The van der Waals surface area contributed by atoms with Crippen LogP contribution < -0.4 is 11.1 Å². The van der Waals surface area contributed by atoms with Crippen molar-refractivity contribution in [3.05, 3.63) is 48.3 Å². The Balaban J connectivity index is 2.05. The monoisotopic (exact) mass is 260 g/mol. The highest BCUT2D eigenvalue weighted by Gasteiger charge is 2.10. The van der Waals surface area contributed by atoms with Gasteiger partial charge in [-0.05, 0) is 24.3 Å². The van der Waals surface area contributed by atoms with E-state index < -0.39 is 11.6 Å². The van der Waals surface area contributed by atoms with Crippen molar-refractivity contribution in [3.63, 3.8) is 0 Å². The molecule has 0 fully saturated rings. The summed E-state index contributed by atoms with van der Waals surface area (Å²) in [6.45, 7) is 0. The fraction of sp³-hybridized carbons (Fsp3) is 0. The van der Waals surface area contributed by atoms with Crippen molar-refractivity contribution < 1.29 is 8.78 Å². The molecule has 2 aromatic heterocycles. The lowest BCUT2D eigenvalue weighted by molar-refractivity contribution is 0.633. The van der Waals surface area contributed by atoms with Crippen molar-refractivity contribution in [1.29, 1.82) is 0 Å². The molecule has 0 atom stereocenters. The predicted molar refractivity (Wildman–Crippen MR) is 70.1 cm³/mol. The van der Waals surface area contributed by atoms with Crippen molar-refractivity contribution >= 4 is 28.1 Å². The van der Waals surface area contributed by atoms with Crippen LogP contribution in [0.1, 0.15) is 0 Å². The third-order valence-corrected chi connectivity index (χ3v) is 2.80. The van der Waals surface area contributed by atoms with Crippen LogP contribution in [0.3, 0.4) is 0 Å². The molecule has 0 aliphatic carbocycles.